The Morgan fingerprint density at radius 2 is 1.79 bits per heavy atom. The van der Waals surface area contributed by atoms with E-state index in [0.29, 0.717) is 42.4 Å². The normalized spacial score (nSPS) is 39.3. The summed E-state index contributed by atoms with van der Waals surface area (Å²) >= 11 is 0. The predicted octanol–water partition coefficient (Wildman–Crippen LogP) is 7.33. The molecule has 0 saturated heterocycles. The summed E-state index contributed by atoms with van der Waals surface area (Å²) in [5.41, 5.74) is 0.730. The number of hydrazone groups is 1. The molecule has 0 heterocycles. The number of nitro benzene ring substituents is 2. The first-order chi connectivity index (χ1) is 20.2. The molecule has 5 rings (SSSR count). The van der Waals surface area contributed by atoms with Gasteiger partial charge in [0.25, 0.3) is 5.69 Å². The summed E-state index contributed by atoms with van der Waals surface area (Å²) in [6.45, 7) is 11.7. The fourth-order valence-electron chi connectivity index (χ4n) is 10.5. The molecule has 10 nitrogen and oxygen atoms in total. The lowest BCUT2D eigenvalue weighted by Gasteiger charge is -2.52. The average molecular weight is 599 g/mol. The minimum atomic E-state index is -1.14. The number of hydrogen-bond donors (Lipinski definition) is 3. The van der Waals surface area contributed by atoms with Gasteiger partial charge >= 0.3 is 5.69 Å². The molecule has 4 aliphatic carbocycles. The SMILES string of the molecule is CC(C)CCC[C@@H](C)[C@H]1CC[C@H]2[C@@H]3[C@@H](/C=N/Nc4ccc([N+](=O)[O-])cc4[N+](=O)[O-])[C@]4(O)C[C@@H](O)CC[C@]4(C)[C@H]3CC[C@]12C. The molecule has 0 radical (unpaired) electrons. The van der Waals surface area contributed by atoms with E-state index < -0.39 is 27.2 Å². The van der Waals surface area contributed by atoms with E-state index in [1.807, 2.05) is 0 Å². The van der Waals surface area contributed by atoms with Crippen molar-refractivity contribution in [3.63, 3.8) is 0 Å². The predicted molar refractivity (Wildman–Crippen MR) is 167 cm³/mol. The van der Waals surface area contributed by atoms with Crippen LogP contribution in [0.3, 0.4) is 0 Å². The molecule has 10 heteroatoms. The number of aliphatic hydroxyl groups excluding tert-OH is 1. The number of non-ortho nitro benzene ring substituents is 1. The molecule has 4 saturated carbocycles. The number of nitro groups is 2. The summed E-state index contributed by atoms with van der Waals surface area (Å²) < 4.78 is 0. The minimum absolute atomic E-state index is 0.0597. The Morgan fingerprint density at radius 3 is 2.47 bits per heavy atom. The van der Waals surface area contributed by atoms with Crippen molar-refractivity contribution in [1.29, 1.82) is 0 Å². The largest absolute Gasteiger partial charge is 0.393 e. The van der Waals surface area contributed by atoms with Crippen LogP contribution in [0.15, 0.2) is 23.3 Å². The summed E-state index contributed by atoms with van der Waals surface area (Å²) in [6.07, 6.45) is 11.2. The van der Waals surface area contributed by atoms with Gasteiger partial charge in [-0.1, -0.05) is 53.9 Å². The maximum absolute atomic E-state index is 12.6. The third-order valence-corrected chi connectivity index (χ3v) is 12.7. The molecule has 4 aliphatic rings. The zero-order valence-corrected chi connectivity index (χ0v) is 26.4. The van der Waals surface area contributed by atoms with Crippen LogP contribution < -0.4 is 5.43 Å². The Morgan fingerprint density at radius 1 is 1.05 bits per heavy atom. The highest BCUT2D eigenvalue weighted by Gasteiger charge is 2.71. The van der Waals surface area contributed by atoms with Crippen molar-refractivity contribution in [3.05, 3.63) is 38.4 Å². The summed E-state index contributed by atoms with van der Waals surface area (Å²) in [5, 5.41) is 50.7. The van der Waals surface area contributed by atoms with Gasteiger partial charge in [0.15, 0.2) is 0 Å². The van der Waals surface area contributed by atoms with Gasteiger partial charge in [-0.05, 0) is 85.5 Å². The summed E-state index contributed by atoms with van der Waals surface area (Å²) in [4.78, 5) is 21.5. The third-order valence-electron chi connectivity index (χ3n) is 12.7. The molecule has 0 amide bonds. The van der Waals surface area contributed by atoms with Crippen molar-refractivity contribution in [2.45, 2.75) is 111 Å². The third kappa shape index (κ3) is 5.36. The van der Waals surface area contributed by atoms with Crippen LogP contribution in [0.1, 0.15) is 98.8 Å². The summed E-state index contributed by atoms with van der Waals surface area (Å²) in [5.74, 6) is 2.62. The zero-order valence-electron chi connectivity index (χ0n) is 26.4. The highest BCUT2D eigenvalue weighted by atomic mass is 16.6. The van der Waals surface area contributed by atoms with E-state index in [0.717, 1.165) is 31.7 Å². The second-order valence-electron chi connectivity index (χ2n) is 15.2. The standard InChI is InChI=1S/C33H50N4O6/c1-20(2)7-6-8-21(3)24-10-11-25-30-26(14-15-31(24,25)4)32(5)16-13-23(38)18-33(32,39)27(30)19-34-35-28-12-9-22(36(40)41)17-29(28)37(42)43/h9,12,17,19-21,23-27,30,35,38-39H,6-8,10-11,13-16,18H2,1-5H3/b34-19+/t21-,23+,24-,25+,26+,27-,30+,31-,32-,33-/m1/s1. The summed E-state index contributed by atoms with van der Waals surface area (Å²) in [7, 11) is 0. The van der Waals surface area contributed by atoms with Gasteiger partial charge in [0.2, 0.25) is 0 Å². The van der Waals surface area contributed by atoms with Gasteiger partial charge in [0.1, 0.15) is 5.69 Å². The van der Waals surface area contributed by atoms with E-state index in [1.54, 1.807) is 6.21 Å². The number of aliphatic hydroxyl groups is 2. The Hall–Kier alpha value is -2.59. The van der Waals surface area contributed by atoms with Crippen LogP contribution in [0, 0.1) is 72.5 Å². The van der Waals surface area contributed by atoms with Crippen molar-refractivity contribution in [2.24, 2.45) is 57.4 Å². The Labute approximate surface area is 255 Å². The number of hydrogen-bond acceptors (Lipinski definition) is 8. The molecule has 0 unspecified atom stereocenters. The monoisotopic (exact) mass is 598 g/mol. The highest BCUT2D eigenvalue weighted by molar-refractivity contribution is 5.70. The fourth-order valence-corrected chi connectivity index (χ4v) is 10.5. The first kappa shape index (κ1) is 31.8. The maximum Gasteiger partial charge on any atom is 0.301 e. The van der Waals surface area contributed by atoms with Crippen LogP contribution in [0.2, 0.25) is 0 Å². The molecule has 0 bridgehead atoms. The van der Waals surface area contributed by atoms with E-state index in [-0.39, 0.29) is 34.0 Å². The van der Waals surface area contributed by atoms with Crippen LogP contribution in [0.25, 0.3) is 0 Å². The zero-order chi connectivity index (χ0) is 31.3. The number of anilines is 1. The van der Waals surface area contributed by atoms with Crippen molar-refractivity contribution in [1.82, 2.24) is 0 Å². The van der Waals surface area contributed by atoms with Crippen molar-refractivity contribution < 1.29 is 20.1 Å². The lowest BCUT2D eigenvalue weighted by Crippen LogP contribution is -2.54. The lowest BCUT2D eigenvalue weighted by molar-refractivity contribution is -0.393. The molecule has 3 N–H and O–H groups in total. The van der Waals surface area contributed by atoms with Gasteiger partial charge in [0.05, 0.1) is 27.6 Å². The van der Waals surface area contributed by atoms with Crippen molar-refractivity contribution >= 4 is 23.3 Å². The quantitative estimate of drug-likeness (QED) is 0.145. The molecule has 0 spiro atoms. The number of benzene rings is 1. The number of nitrogens with one attached hydrogen (secondary N) is 1. The second-order valence-corrected chi connectivity index (χ2v) is 15.2. The Kier molecular flexibility index (Phi) is 8.68. The number of rotatable bonds is 10. The second kappa shape index (κ2) is 11.7. The maximum atomic E-state index is 12.6. The van der Waals surface area contributed by atoms with Crippen LogP contribution in [-0.4, -0.2) is 38.0 Å². The van der Waals surface area contributed by atoms with Crippen LogP contribution >= 0.6 is 0 Å². The van der Waals surface area contributed by atoms with E-state index in [1.165, 1.54) is 37.8 Å². The van der Waals surface area contributed by atoms with E-state index in [9.17, 15) is 30.4 Å². The van der Waals surface area contributed by atoms with Gasteiger partial charge < -0.3 is 10.2 Å². The molecule has 4 fully saturated rings. The molecule has 43 heavy (non-hydrogen) atoms. The number of fused-ring (bicyclic) bond motifs is 5. The molecular formula is C33H50N4O6. The molecule has 0 aromatic heterocycles. The first-order valence-corrected chi connectivity index (χ1v) is 16.4. The van der Waals surface area contributed by atoms with Crippen molar-refractivity contribution in [2.75, 3.05) is 5.43 Å². The lowest BCUT2D eigenvalue weighted by atomic mass is 9.53. The van der Waals surface area contributed by atoms with Gasteiger partial charge in [-0.25, -0.2) is 0 Å². The average Bonchev–Trinajstić information content (AvgIpc) is 3.38. The van der Waals surface area contributed by atoms with Gasteiger partial charge in [-0.2, -0.15) is 5.10 Å². The number of nitrogens with zero attached hydrogens (tertiary/aromatic N) is 3. The summed E-state index contributed by atoms with van der Waals surface area (Å²) in [6, 6.07) is 3.44. The van der Waals surface area contributed by atoms with Gasteiger partial charge in [-0.3, -0.25) is 25.7 Å². The van der Waals surface area contributed by atoms with E-state index in [2.05, 4.69) is 45.1 Å². The van der Waals surface area contributed by atoms with Crippen LogP contribution in [-0.2, 0) is 0 Å². The van der Waals surface area contributed by atoms with E-state index in [4.69, 9.17) is 0 Å². The first-order valence-electron chi connectivity index (χ1n) is 16.4. The highest BCUT2D eigenvalue weighted by Crippen LogP contribution is 2.72. The Bertz CT molecular complexity index is 1260. The van der Waals surface area contributed by atoms with Gasteiger partial charge in [-0.15, -0.1) is 0 Å². The van der Waals surface area contributed by atoms with Crippen molar-refractivity contribution in [3.8, 4) is 0 Å². The fraction of sp³-hybridized carbons (Fsp3) is 0.788. The topological polar surface area (TPSA) is 151 Å². The van der Waals surface area contributed by atoms with Crippen LogP contribution in [0.4, 0.5) is 17.1 Å². The molecule has 10 atom stereocenters. The Balaban J connectivity index is 1.46. The molecule has 1 aromatic rings. The van der Waals surface area contributed by atoms with E-state index >= 15 is 0 Å². The molecule has 238 valence electrons. The smallest absolute Gasteiger partial charge is 0.301 e. The minimum Gasteiger partial charge on any atom is -0.393 e. The molecule has 0 aliphatic heterocycles. The molecular weight excluding hydrogens is 548 g/mol. The van der Waals surface area contributed by atoms with Crippen LogP contribution in [0.5, 0.6) is 0 Å². The van der Waals surface area contributed by atoms with Gasteiger partial charge in [0, 0.05) is 30.0 Å². The molecule has 1 aromatic carbocycles.